The smallest absolute Gasteiger partial charge is 0.188 e. The molecule has 0 aliphatic heterocycles. The molecule has 0 fully saturated rings. The zero-order valence-corrected chi connectivity index (χ0v) is 11.9. The minimum atomic E-state index is -3.27. The van der Waals surface area contributed by atoms with Crippen LogP contribution in [0.2, 0.25) is 0 Å². The normalized spacial score (nSPS) is 16.6. The van der Waals surface area contributed by atoms with Crippen LogP contribution in [-0.4, -0.2) is 20.5 Å². The molecule has 0 atom stereocenters. The van der Waals surface area contributed by atoms with Crippen LogP contribution >= 0.6 is 0 Å². The van der Waals surface area contributed by atoms with E-state index in [0.717, 1.165) is 43.9 Å². The van der Waals surface area contributed by atoms with Crippen molar-refractivity contribution < 1.29 is 13.2 Å². The molecule has 1 aliphatic rings. The van der Waals surface area contributed by atoms with Gasteiger partial charge in [0.25, 0.3) is 0 Å². The second-order valence-electron chi connectivity index (χ2n) is 4.96. The molecule has 102 valence electrons. The number of Topliss-reactive ketones (excluding diaryl/α,β-unsaturated/α-hetero) is 1. The summed E-state index contributed by atoms with van der Waals surface area (Å²) in [6.07, 6.45) is 8.19. The molecule has 0 amide bonds. The van der Waals surface area contributed by atoms with Gasteiger partial charge in [0.15, 0.2) is 15.6 Å². The fourth-order valence-corrected chi connectivity index (χ4v) is 2.94. The summed E-state index contributed by atoms with van der Waals surface area (Å²) in [4.78, 5) is 12.6. The minimum Gasteiger partial charge on any atom is -0.289 e. The molecule has 1 aromatic carbocycles. The van der Waals surface area contributed by atoms with Gasteiger partial charge in [0.2, 0.25) is 0 Å². The average molecular weight is 278 g/mol. The molecule has 0 radical (unpaired) electrons. The van der Waals surface area contributed by atoms with Gasteiger partial charge >= 0.3 is 0 Å². The number of hydrogen-bond donors (Lipinski definition) is 0. The monoisotopic (exact) mass is 278 g/mol. The Bertz CT molecular complexity index is 612. The van der Waals surface area contributed by atoms with Crippen molar-refractivity contribution >= 4 is 15.6 Å². The van der Waals surface area contributed by atoms with Crippen molar-refractivity contribution in [2.75, 3.05) is 6.26 Å². The maximum absolute atomic E-state index is 12.4. The summed E-state index contributed by atoms with van der Waals surface area (Å²) in [7, 11) is -3.27. The highest BCUT2D eigenvalue weighted by Gasteiger charge is 2.16. The van der Waals surface area contributed by atoms with E-state index in [1.54, 1.807) is 12.1 Å². The lowest BCUT2D eigenvalue weighted by Gasteiger charge is -2.06. The molecular formula is C15H18O3S. The summed E-state index contributed by atoms with van der Waals surface area (Å²) >= 11 is 0. The SMILES string of the molecule is CS(=O)(=O)c1cccc(C(=O)C2=CCCCCC2)c1. The number of ketones is 1. The molecule has 0 unspecified atom stereocenters. The molecule has 3 nitrogen and oxygen atoms in total. The second-order valence-corrected chi connectivity index (χ2v) is 6.97. The molecule has 0 N–H and O–H groups in total. The maximum Gasteiger partial charge on any atom is 0.188 e. The van der Waals surface area contributed by atoms with Gasteiger partial charge < -0.3 is 0 Å². The lowest BCUT2D eigenvalue weighted by Crippen LogP contribution is -2.05. The standard InChI is InChI=1S/C15H18O3S/c1-19(17,18)14-10-6-9-13(11-14)15(16)12-7-4-2-3-5-8-12/h6-7,9-11H,2-5,8H2,1H3. The molecule has 0 heterocycles. The number of hydrogen-bond acceptors (Lipinski definition) is 3. The fraction of sp³-hybridized carbons (Fsp3) is 0.400. The van der Waals surface area contributed by atoms with E-state index in [4.69, 9.17) is 0 Å². The molecule has 4 heteroatoms. The van der Waals surface area contributed by atoms with Crippen molar-refractivity contribution in [1.82, 2.24) is 0 Å². The summed E-state index contributed by atoms with van der Waals surface area (Å²) in [6.45, 7) is 0. The van der Waals surface area contributed by atoms with Crippen LogP contribution < -0.4 is 0 Å². The first-order chi connectivity index (χ1) is 8.98. The lowest BCUT2D eigenvalue weighted by atomic mass is 10.00. The van der Waals surface area contributed by atoms with E-state index in [-0.39, 0.29) is 10.7 Å². The summed E-state index contributed by atoms with van der Waals surface area (Å²) in [6, 6.07) is 6.31. The molecule has 0 saturated carbocycles. The molecular weight excluding hydrogens is 260 g/mol. The van der Waals surface area contributed by atoms with E-state index in [0.29, 0.717) is 5.56 Å². The molecule has 19 heavy (non-hydrogen) atoms. The third kappa shape index (κ3) is 3.53. The largest absolute Gasteiger partial charge is 0.289 e. The van der Waals surface area contributed by atoms with Crippen molar-refractivity contribution in [2.45, 2.75) is 37.0 Å². The first kappa shape index (κ1) is 14.0. The Balaban J connectivity index is 2.31. The van der Waals surface area contributed by atoms with E-state index < -0.39 is 9.84 Å². The van der Waals surface area contributed by atoms with E-state index >= 15 is 0 Å². The van der Waals surface area contributed by atoms with Crippen LogP contribution in [0, 0.1) is 0 Å². The second kappa shape index (κ2) is 5.70. The van der Waals surface area contributed by atoms with Crippen LogP contribution in [0.15, 0.2) is 40.8 Å². The molecule has 2 rings (SSSR count). The highest BCUT2D eigenvalue weighted by Crippen LogP contribution is 2.22. The number of carbonyl (C=O) groups is 1. The number of benzene rings is 1. The third-order valence-electron chi connectivity index (χ3n) is 3.36. The number of sulfone groups is 1. The maximum atomic E-state index is 12.4. The lowest BCUT2D eigenvalue weighted by molar-refractivity contribution is 0.103. The van der Waals surface area contributed by atoms with Crippen molar-refractivity contribution in [3.05, 3.63) is 41.5 Å². The Morgan fingerprint density at radius 2 is 1.95 bits per heavy atom. The first-order valence-electron chi connectivity index (χ1n) is 6.52. The fourth-order valence-electron chi connectivity index (χ4n) is 2.27. The summed E-state index contributed by atoms with van der Waals surface area (Å²) in [5.74, 6) is -0.0348. The van der Waals surface area contributed by atoms with Crippen LogP contribution in [0.25, 0.3) is 0 Å². The molecule has 0 saturated heterocycles. The van der Waals surface area contributed by atoms with Crippen LogP contribution in [-0.2, 0) is 9.84 Å². The Morgan fingerprint density at radius 1 is 1.16 bits per heavy atom. The van der Waals surface area contributed by atoms with Crippen LogP contribution in [0.5, 0.6) is 0 Å². The molecule has 0 spiro atoms. The van der Waals surface area contributed by atoms with Crippen LogP contribution in [0.3, 0.4) is 0 Å². The zero-order valence-electron chi connectivity index (χ0n) is 11.1. The van der Waals surface area contributed by atoms with Gasteiger partial charge in [-0.25, -0.2) is 8.42 Å². The highest BCUT2D eigenvalue weighted by molar-refractivity contribution is 7.90. The first-order valence-corrected chi connectivity index (χ1v) is 8.41. The van der Waals surface area contributed by atoms with E-state index in [2.05, 4.69) is 0 Å². The Labute approximate surface area is 114 Å². The number of allylic oxidation sites excluding steroid dienone is 2. The third-order valence-corrected chi connectivity index (χ3v) is 4.47. The van der Waals surface area contributed by atoms with Gasteiger partial charge in [-0.1, -0.05) is 24.6 Å². The van der Waals surface area contributed by atoms with Gasteiger partial charge in [-0.15, -0.1) is 0 Å². The van der Waals surface area contributed by atoms with Crippen LogP contribution in [0.4, 0.5) is 0 Å². The summed E-state index contributed by atoms with van der Waals surface area (Å²) in [5.41, 5.74) is 1.29. The van der Waals surface area contributed by atoms with Gasteiger partial charge in [-0.3, -0.25) is 4.79 Å². The topological polar surface area (TPSA) is 51.2 Å². The number of carbonyl (C=O) groups excluding carboxylic acids is 1. The summed E-state index contributed by atoms with van der Waals surface area (Å²) in [5, 5.41) is 0. The Morgan fingerprint density at radius 3 is 2.68 bits per heavy atom. The predicted octanol–water partition coefficient (Wildman–Crippen LogP) is 3.16. The van der Waals surface area contributed by atoms with Crippen LogP contribution in [0.1, 0.15) is 42.5 Å². The summed E-state index contributed by atoms with van der Waals surface area (Å²) < 4.78 is 23.0. The Kier molecular flexibility index (Phi) is 4.20. The van der Waals surface area contributed by atoms with Crippen molar-refractivity contribution in [2.24, 2.45) is 0 Å². The van der Waals surface area contributed by atoms with Gasteiger partial charge in [-0.05, 0) is 43.4 Å². The average Bonchev–Trinajstić information content (AvgIpc) is 2.66. The number of rotatable bonds is 3. The molecule has 0 bridgehead atoms. The molecule has 1 aromatic rings. The predicted molar refractivity (Wildman–Crippen MR) is 75.1 cm³/mol. The zero-order chi connectivity index (χ0) is 13.9. The van der Waals surface area contributed by atoms with E-state index in [1.807, 2.05) is 6.08 Å². The van der Waals surface area contributed by atoms with Crippen molar-refractivity contribution in [1.29, 1.82) is 0 Å². The van der Waals surface area contributed by atoms with Gasteiger partial charge in [0.05, 0.1) is 4.90 Å². The highest BCUT2D eigenvalue weighted by atomic mass is 32.2. The van der Waals surface area contributed by atoms with Gasteiger partial charge in [0.1, 0.15) is 0 Å². The van der Waals surface area contributed by atoms with E-state index in [9.17, 15) is 13.2 Å². The van der Waals surface area contributed by atoms with Gasteiger partial charge in [-0.2, -0.15) is 0 Å². The minimum absolute atomic E-state index is 0.0348. The van der Waals surface area contributed by atoms with E-state index in [1.165, 1.54) is 12.1 Å². The van der Waals surface area contributed by atoms with Crippen molar-refractivity contribution in [3.8, 4) is 0 Å². The van der Waals surface area contributed by atoms with Crippen molar-refractivity contribution in [3.63, 3.8) is 0 Å². The Hall–Kier alpha value is -1.42. The molecule has 1 aliphatic carbocycles. The van der Waals surface area contributed by atoms with Gasteiger partial charge in [0, 0.05) is 11.8 Å². The molecule has 0 aromatic heterocycles. The quantitative estimate of drug-likeness (QED) is 0.798.